The van der Waals surface area contributed by atoms with Crippen molar-refractivity contribution >= 4 is 28.6 Å². The van der Waals surface area contributed by atoms with E-state index in [2.05, 4.69) is 10.3 Å². The molecule has 34 heavy (non-hydrogen) atoms. The zero-order valence-corrected chi connectivity index (χ0v) is 19.1. The molecule has 172 valence electrons. The lowest BCUT2D eigenvalue weighted by Gasteiger charge is -2.14. The second-order valence-electron chi connectivity index (χ2n) is 7.51. The van der Waals surface area contributed by atoms with E-state index in [1.807, 2.05) is 36.4 Å². The van der Waals surface area contributed by atoms with Gasteiger partial charge in [0.05, 0.1) is 29.5 Å². The van der Waals surface area contributed by atoms with Crippen LogP contribution in [0.2, 0.25) is 0 Å². The Morgan fingerprint density at radius 3 is 2.82 bits per heavy atom. The van der Waals surface area contributed by atoms with Crippen LogP contribution in [0.3, 0.4) is 0 Å². The van der Waals surface area contributed by atoms with E-state index in [-0.39, 0.29) is 24.0 Å². The average molecular weight is 476 g/mol. The maximum Gasteiger partial charge on any atom is 0.266 e. The maximum absolute atomic E-state index is 13.3. The summed E-state index contributed by atoms with van der Waals surface area (Å²) >= 11 is 1.20. The molecule has 8 nitrogen and oxygen atoms in total. The highest BCUT2D eigenvalue weighted by molar-refractivity contribution is 7.99. The Bertz CT molecular complexity index is 1440. The number of nitrogens with zero attached hydrogens (tertiary/aromatic N) is 2. The number of amides is 1. The van der Waals surface area contributed by atoms with Crippen LogP contribution in [0, 0.1) is 0 Å². The van der Waals surface area contributed by atoms with Crippen LogP contribution in [-0.2, 0) is 11.3 Å². The monoisotopic (exact) mass is 475 g/mol. The summed E-state index contributed by atoms with van der Waals surface area (Å²) in [6.45, 7) is 0.555. The Hall–Kier alpha value is -3.98. The third kappa shape index (κ3) is 4.42. The van der Waals surface area contributed by atoms with E-state index in [1.165, 1.54) is 16.3 Å². The number of hydrogen-bond acceptors (Lipinski definition) is 7. The number of carbonyl (C=O) groups is 1. The molecule has 1 N–H and O–H groups in total. The van der Waals surface area contributed by atoms with Gasteiger partial charge in [0.1, 0.15) is 5.75 Å². The van der Waals surface area contributed by atoms with Crippen molar-refractivity contribution in [1.82, 2.24) is 14.9 Å². The molecular weight excluding hydrogens is 454 g/mol. The van der Waals surface area contributed by atoms with Gasteiger partial charge in [-0.15, -0.1) is 0 Å². The highest BCUT2D eigenvalue weighted by Gasteiger charge is 2.16. The smallest absolute Gasteiger partial charge is 0.266 e. The van der Waals surface area contributed by atoms with Gasteiger partial charge in [-0.3, -0.25) is 14.2 Å². The molecule has 9 heteroatoms. The first-order chi connectivity index (χ1) is 16.6. The van der Waals surface area contributed by atoms with Crippen molar-refractivity contribution in [2.75, 3.05) is 19.7 Å². The summed E-state index contributed by atoms with van der Waals surface area (Å²) in [5, 5.41) is 3.83. The minimum Gasteiger partial charge on any atom is -0.497 e. The third-order valence-corrected chi connectivity index (χ3v) is 6.25. The number of nitrogens with one attached hydrogen (secondary N) is 1. The maximum atomic E-state index is 13.3. The van der Waals surface area contributed by atoms with Gasteiger partial charge in [0.25, 0.3) is 5.56 Å². The molecule has 0 spiro atoms. The van der Waals surface area contributed by atoms with Gasteiger partial charge >= 0.3 is 0 Å². The lowest BCUT2D eigenvalue weighted by atomic mass is 10.2. The molecule has 3 aromatic carbocycles. The third-order valence-electron chi connectivity index (χ3n) is 5.32. The van der Waals surface area contributed by atoms with E-state index >= 15 is 0 Å². The Labute approximate surface area is 199 Å². The molecule has 5 rings (SSSR count). The first-order valence-electron chi connectivity index (χ1n) is 10.6. The van der Waals surface area contributed by atoms with Crippen molar-refractivity contribution in [3.8, 4) is 22.9 Å². The number of aromatic nitrogens is 2. The molecular formula is C25H21N3O5S. The number of carbonyl (C=O) groups excluding carboxylic acids is 1. The second-order valence-corrected chi connectivity index (χ2v) is 8.45. The topological polar surface area (TPSA) is 91.7 Å². The van der Waals surface area contributed by atoms with Gasteiger partial charge in [-0.05, 0) is 42.0 Å². The zero-order chi connectivity index (χ0) is 23.5. The van der Waals surface area contributed by atoms with Gasteiger partial charge in [0, 0.05) is 12.6 Å². The predicted octanol–water partition coefficient (Wildman–Crippen LogP) is 3.53. The Morgan fingerprint density at radius 2 is 1.94 bits per heavy atom. The van der Waals surface area contributed by atoms with Crippen LogP contribution in [0.25, 0.3) is 16.6 Å². The number of fused-ring (bicyclic) bond motifs is 2. The fourth-order valence-corrected chi connectivity index (χ4v) is 4.46. The lowest BCUT2D eigenvalue weighted by molar-refractivity contribution is -0.118. The minimum atomic E-state index is -0.206. The highest BCUT2D eigenvalue weighted by Crippen LogP contribution is 2.32. The summed E-state index contributed by atoms with van der Waals surface area (Å²) in [5.41, 5.74) is 1.89. The normalized spacial score (nSPS) is 12.0. The first kappa shape index (κ1) is 21.8. The van der Waals surface area contributed by atoms with Crippen LogP contribution in [-0.4, -0.2) is 35.1 Å². The van der Waals surface area contributed by atoms with Crippen LogP contribution < -0.4 is 25.1 Å². The van der Waals surface area contributed by atoms with E-state index in [0.29, 0.717) is 45.5 Å². The number of rotatable bonds is 7. The molecule has 0 aliphatic carbocycles. The molecule has 4 aromatic rings. The lowest BCUT2D eigenvalue weighted by Crippen LogP contribution is -2.26. The Balaban J connectivity index is 1.37. The molecule has 0 fully saturated rings. The van der Waals surface area contributed by atoms with Gasteiger partial charge in [-0.25, -0.2) is 4.98 Å². The van der Waals surface area contributed by atoms with Crippen molar-refractivity contribution in [1.29, 1.82) is 0 Å². The summed E-state index contributed by atoms with van der Waals surface area (Å²) in [7, 11) is 1.57. The van der Waals surface area contributed by atoms with Gasteiger partial charge < -0.3 is 19.5 Å². The van der Waals surface area contributed by atoms with E-state index in [0.717, 1.165) is 5.56 Å². The molecule has 0 saturated heterocycles. The van der Waals surface area contributed by atoms with Crippen molar-refractivity contribution in [3.05, 3.63) is 82.6 Å². The number of hydrogen-bond donors (Lipinski definition) is 1. The minimum absolute atomic E-state index is 0.0965. The van der Waals surface area contributed by atoms with Crippen LogP contribution in [0.1, 0.15) is 5.56 Å². The number of thioether (sulfide) groups is 1. The number of ether oxygens (including phenoxy) is 3. The fourth-order valence-electron chi connectivity index (χ4n) is 3.62. The van der Waals surface area contributed by atoms with E-state index in [1.54, 1.807) is 37.4 Å². The number of methoxy groups -OCH3 is 1. The van der Waals surface area contributed by atoms with E-state index in [9.17, 15) is 9.59 Å². The molecule has 1 amide bonds. The van der Waals surface area contributed by atoms with Crippen LogP contribution in [0.5, 0.6) is 17.2 Å². The first-order valence-corrected chi connectivity index (χ1v) is 11.6. The molecule has 0 atom stereocenters. The molecule has 1 aliphatic heterocycles. The molecule has 1 aromatic heterocycles. The van der Waals surface area contributed by atoms with E-state index in [4.69, 9.17) is 14.2 Å². The quantitative estimate of drug-likeness (QED) is 0.323. The van der Waals surface area contributed by atoms with Crippen LogP contribution >= 0.6 is 11.8 Å². The summed E-state index contributed by atoms with van der Waals surface area (Å²) in [4.78, 5) is 30.6. The number of benzene rings is 3. The van der Waals surface area contributed by atoms with Gasteiger partial charge in [0.2, 0.25) is 12.7 Å². The second kappa shape index (κ2) is 9.48. The van der Waals surface area contributed by atoms with E-state index < -0.39 is 0 Å². The standard InChI is InChI=1S/C25H21N3O5S/c1-31-18-6-4-5-17(12-18)28-24(30)19-7-2-3-8-20(19)27-25(28)34-14-23(29)26-13-16-9-10-21-22(11-16)33-15-32-21/h2-12H,13-15H2,1H3,(H,26,29). The molecule has 1 aliphatic rings. The summed E-state index contributed by atoms with van der Waals surface area (Å²) in [6.07, 6.45) is 0. The molecule has 0 bridgehead atoms. The summed E-state index contributed by atoms with van der Waals surface area (Å²) < 4.78 is 17.5. The van der Waals surface area contributed by atoms with Gasteiger partial charge in [-0.2, -0.15) is 0 Å². The van der Waals surface area contributed by atoms with Crippen LogP contribution in [0.4, 0.5) is 0 Å². The van der Waals surface area contributed by atoms with Gasteiger partial charge in [0.15, 0.2) is 16.7 Å². The molecule has 0 radical (unpaired) electrons. The number of para-hydroxylation sites is 1. The summed E-state index contributed by atoms with van der Waals surface area (Å²) in [6, 6.07) is 19.9. The SMILES string of the molecule is COc1cccc(-n2c(SCC(=O)NCc3ccc4c(c3)OCO4)nc3ccccc3c2=O)c1. The average Bonchev–Trinajstić information content (AvgIpc) is 3.34. The van der Waals surface area contributed by atoms with Crippen LogP contribution in [0.15, 0.2) is 76.7 Å². The van der Waals surface area contributed by atoms with Crippen molar-refractivity contribution in [2.45, 2.75) is 11.7 Å². The Morgan fingerprint density at radius 1 is 1.09 bits per heavy atom. The predicted molar refractivity (Wildman–Crippen MR) is 129 cm³/mol. The van der Waals surface area contributed by atoms with Crippen molar-refractivity contribution in [3.63, 3.8) is 0 Å². The summed E-state index contributed by atoms with van der Waals surface area (Å²) in [5.74, 6) is 1.91. The zero-order valence-electron chi connectivity index (χ0n) is 18.3. The van der Waals surface area contributed by atoms with Crippen molar-refractivity contribution < 1.29 is 19.0 Å². The highest BCUT2D eigenvalue weighted by atomic mass is 32.2. The molecule has 0 saturated carbocycles. The largest absolute Gasteiger partial charge is 0.497 e. The Kier molecular flexibility index (Phi) is 6.09. The molecule has 2 heterocycles. The fraction of sp³-hybridized carbons (Fsp3) is 0.160. The molecule has 0 unspecified atom stereocenters. The van der Waals surface area contributed by atoms with Crippen molar-refractivity contribution in [2.24, 2.45) is 0 Å². The van der Waals surface area contributed by atoms with Gasteiger partial charge in [-0.1, -0.05) is 36.0 Å².